The second-order valence-electron chi connectivity index (χ2n) is 5.76. The summed E-state index contributed by atoms with van der Waals surface area (Å²) >= 11 is 2.01. The fourth-order valence-corrected chi connectivity index (χ4v) is 3.84. The number of hydrogen-bond donors (Lipinski definition) is 2. The lowest BCUT2D eigenvalue weighted by Gasteiger charge is -2.19. The summed E-state index contributed by atoms with van der Waals surface area (Å²) in [7, 11) is 0. The molecule has 1 aliphatic rings. The van der Waals surface area contributed by atoms with Gasteiger partial charge in [-0.1, -0.05) is 12.1 Å². The van der Waals surface area contributed by atoms with Crippen LogP contribution in [0.1, 0.15) is 35.3 Å². The molecular weight excluding hydrogens is 306 g/mol. The van der Waals surface area contributed by atoms with E-state index in [2.05, 4.69) is 34.7 Å². The Morgan fingerprint density at radius 3 is 2.61 bits per heavy atom. The number of carbonyl (C=O) groups excluding carboxylic acids is 1. The van der Waals surface area contributed by atoms with E-state index in [1.165, 1.54) is 23.5 Å². The topological polar surface area (TPSA) is 54.0 Å². The van der Waals surface area contributed by atoms with Crippen molar-refractivity contribution >= 4 is 23.4 Å². The summed E-state index contributed by atoms with van der Waals surface area (Å²) in [6, 6.07) is 12.4. The van der Waals surface area contributed by atoms with Crippen molar-refractivity contribution in [2.45, 2.75) is 25.4 Å². The van der Waals surface area contributed by atoms with Gasteiger partial charge in [0.15, 0.2) is 0 Å². The largest absolute Gasteiger partial charge is 0.322 e. The Hall–Kier alpha value is -1.85. The molecule has 0 aliphatic carbocycles. The van der Waals surface area contributed by atoms with Crippen LogP contribution in [-0.4, -0.2) is 28.4 Å². The fraction of sp³-hybridized carbons (Fsp3) is 0.333. The number of hydrogen-bond acceptors (Lipinski definition) is 4. The molecule has 2 unspecified atom stereocenters. The van der Waals surface area contributed by atoms with Crippen LogP contribution in [0.25, 0.3) is 0 Å². The van der Waals surface area contributed by atoms with Crippen molar-refractivity contribution in [3.8, 4) is 0 Å². The van der Waals surface area contributed by atoms with Crippen molar-refractivity contribution in [3.05, 3.63) is 59.9 Å². The van der Waals surface area contributed by atoms with Crippen LogP contribution in [-0.2, 0) is 0 Å². The van der Waals surface area contributed by atoms with E-state index >= 15 is 0 Å². The molecule has 0 bridgehead atoms. The van der Waals surface area contributed by atoms with Gasteiger partial charge in [-0.2, -0.15) is 11.8 Å². The zero-order valence-electron chi connectivity index (χ0n) is 13.2. The first-order chi connectivity index (χ1) is 11.2. The van der Waals surface area contributed by atoms with Gasteiger partial charge >= 0.3 is 0 Å². The first kappa shape index (κ1) is 16.0. The van der Waals surface area contributed by atoms with Gasteiger partial charge in [-0.3, -0.25) is 9.78 Å². The van der Waals surface area contributed by atoms with Gasteiger partial charge < -0.3 is 10.6 Å². The highest BCUT2D eigenvalue weighted by Crippen LogP contribution is 2.22. The minimum absolute atomic E-state index is 0.116. The third kappa shape index (κ3) is 4.33. The number of amides is 1. The number of nitrogens with zero attached hydrogens (tertiary/aromatic N) is 1. The molecule has 120 valence electrons. The Morgan fingerprint density at radius 2 is 1.96 bits per heavy atom. The van der Waals surface area contributed by atoms with Crippen LogP contribution in [0.15, 0.2) is 48.8 Å². The molecule has 2 N–H and O–H groups in total. The number of benzene rings is 1. The average Bonchev–Trinajstić information content (AvgIpc) is 3.09. The highest BCUT2D eigenvalue weighted by Gasteiger charge is 2.18. The van der Waals surface area contributed by atoms with Gasteiger partial charge in [0.1, 0.15) is 0 Å². The molecule has 23 heavy (non-hydrogen) atoms. The summed E-state index contributed by atoms with van der Waals surface area (Å²) in [5.74, 6) is 2.34. The third-order valence-electron chi connectivity index (χ3n) is 4.03. The number of pyridine rings is 1. The SMILES string of the molecule is CC(NC1CCSC1)c1ccc(NC(=O)c2ccncc2)cc1. The second kappa shape index (κ2) is 7.62. The molecule has 4 nitrogen and oxygen atoms in total. The molecule has 2 atom stereocenters. The van der Waals surface area contributed by atoms with Gasteiger partial charge in [0, 0.05) is 41.5 Å². The summed E-state index contributed by atoms with van der Waals surface area (Å²) in [6.45, 7) is 2.19. The predicted octanol–water partition coefficient (Wildman–Crippen LogP) is 3.49. The van der Waals surface area contributed by atoms with E-state index in [1.807, 2.05) is 23.9 Å². The molecule has 1 amide bonds. The smallest absolute Gasteiger partial charge is 0.255 e. The molecule has 0 radical (unpaired) electrons. The zero-order valence-corrected chi connectivity index (χ0v) is 14.0. The number of carbonyl (C=O) groups is 1. The molecule has 1 aromatic heterocycles. The van der Waals surface area contributed by atoms with Crippen molar-refractivity contribution in [2.75, 3.05) is 16.8 Å². The Balaban J connectivity index is 1.59. The highest BCUT2D eigenvalue weighted by molar-refractivity contribution is 7.99. The van der Waals surface area contributed by atoms with Crippen LogP contribution in [0.3, 0.4) is 0 Å². The van der Waals surface area contributed by atoms with E-state index in [1.54, 1.807) is 24.5 Å². The molecule has 1 aliphatic heterocycles. The number of rotatable bonds is 5. The molecule has 2 aromatic rings. The Morgan fingerprint density at radius 1 is 1.22 bits per heavy atom. The van der Waals surface area contributed by atoms with Gasteiger partial charge in [-0.25, -0.2) is 0 Å². The summed E-state index contributed by atoms with van der Waals surface area (Å²) < 4.78 is 0. The molecule has 1 aromatic carbocycles. The molecule has 3 rings (SSSR count). The highest BCUT2D eigenvalue weighted by atomic mass is 32.2. The standard InChI is InChI=1S/C18H21N3OS/c1-13(20-17-8-11-23-12-17)14-2-4-16(5-3-14)21-18(22)15-6-9-19-10-7-15/h2-7,9-10,13,17,20H,8,11-12H2,1H3,(H,21,22). The van der Waals surface area contributed by atoms with E-state index in [9.17, 15) is 4.79 Å². The summed E-state index contributed by atoms with van der Waals surface area (Å²) in [6.07, 6.45) is 4.48. The van der Waals surface area contributed by atoms with Crippen LogP contribution >= 0.6 is 11.8 Å². The number of anilines is 1. The molecule has 1 saturated heterocycles. The number of aromatic nitrogens is 1. The van der Waals surface area contributed by atoms with Crippen molar-refractivity contribution in [3.63, 3.8) is 0 Å². The lowest BCUT2D eigenvalue weighted by atomic mass is 10.1. The summed E-state index contributed by atoms with van der Waals surface area (Å²) in [4.78, 5) is 16.0. The van der Waals surface area contributed by atoms with Crippen molar-refractivity contribution < 1.29 is 4.79 Å². The Bertz CT molecular complexity index is 639. The molecule has 1 fully saturated rings. The number of thioether (sulfide) groups is 1. The van der Waals surface area contributed by atoms with Crippen LogP contribution < -0.4 is 10.6 Å². The van der Waals surface area contributed by atoms with Crippen LogP contribution in [0.2, 0.25) is 0 Å². The van der Waals surface area contributed by atoms with Crippen molar-refractivity contribution in [1.29, 1.82) is 0 Å². The average molecular weight is 327 g/mol. The van der Waals surface area contributed by atoms with Crippen molar-refractivity contribution in [1.82, 2.24) is 10.3 Å². The zero-order chi connectivity index (χ0) is 16.1. The minimum Gasteiger partial charge on any atom is -0.322 e. The predicted molar refractivity (Wildman–Crippen MR) is 95.9 cm³/mol. The van der Waals surface area contributed by atoms with E-state index in [4.69, 9.17) is 0 Å². The Labute approximate surface area is 141 Å². The third-order valence-corrected chi connectivity index (χ3v) is 5.19. The quantitative estimate of drug-likeness (QED) is 0.883. The van der Waals surface area contributed by atoms with Gasteiger partial charge in [0.25, 0.3) is 5.91 Å². The molecule has 0 saturated carbocycles. The van der Waals surface area contributed by atoms with Crippen LogP contribution in [0.4, 0.5) is 5.69 Å². The molecule has 2 heterocycles. The monoisotopic (exact) mass is 327 g/mol. The molecule has 0 spiro atoms. The van der Waals surface area contributed by atoms with E-state index in [0.717, 1.165) is 5.69 Å². The molecular formula is C18H21N3OS. The van der Waals surface area contributed by atoms with Gasteiger partial charge in [0.05, 0.1) is 0 Å². The van der Waals surface area contributed by atoms with Gasteiger partial charge in [-0.15, -0.1) is 0 Å². The van der Waals surface area contributed by atoms with E-state index in [0.29, 0.717) is 17.6 Å². The summed E-state index contributed by atoms with van der Waals surface area (Å²) in [5, 5.41) is 6.57. The maximum atomic E-state index is 12.1. The van der Waals surface area contributed by atoms with Gasteiger partial charge in [-0.05, 0) is 48.9 Å². The van der Waals surface area contributed by atoms with Crippen LogP contribution in [0, 0.1) is 0 Å². The first-order valence-corrected chi connectivity index (χ1v) is 9.03. The lowest BCUT2D eigenvalue weighted by molar-refractivity contribution is 0.102. The normalized spacial score (nSPS) is 18.6. The van der Waals surface area contributed by atoms with Crippen molar-refractivity contribution in [2.24, 2.45) is 0 Å². The lowest BCUT2D eigenvalue weighted by Crippen LogP contribution is -2.31. The minimum atomic E-state index is -0.116. The second-order valence-corrected chi connectivity index (χ2v) is 6.91. The maximum Gasteiger partial charge on any atom is 0.255 e. The maximum absolute atomic E-state index is 12.1. The van der Waals surface area contributed by atoms with E-state index in [-0.39, 0.29) is 5.91 Å². The Kier molecular flexibility index (Phi) is 5.31. The molecule has 5 heteroatoms. The fourth-order valence-electron chi connectivity index (χ4n) is 2.68. The summed E-state index contributed by atoms with van der Waals surface area (Å²) in [5.41, 5.74) is 2.65. The number of nitrogens with one attached hydrogen (secondary N) is 2. The van der Waals surface area contributed by atoms with Crippen LogP contribution in [0.5, 0.6) is 0 Å². The van der Waals surface area contributed by atoms with Gasteiger partial charge in [0.2, 0.25) is 0 Å². The van der Waals surface area contributed by atoms with E-state index < -0.39 is 0 Å². The first-order valence-electron chi connectivity index (χ1n) is 7.87.